The number of hydrogen-bond acceptors (Lipinski definition) is 9. The largest absolute Gasteiger partial charge is 0.472 e. The summed E-state index contributed by atoms with van der Waals surface area (Å²) < 4.78 is 34.4. The molecule has 0 unspecified atom stereocenters. The zero-order valence-electron chi connectivity index (χ0n) is 31.1. The molecule has 2 saturated carbocycles. The van der Waals surface area contributed by atoms with Gasteiger partial charge in [0.25, 0.3) is 5.91 Å². The Morgan fingerprint density at radius 1 is 0.873 bits per heavy atom. The van der Waals surface area contributed by atoms with Crippen LogP contribution in [-0.2, 0) is 24.4 Å². The third-order valence-corrected chi connectivity index (χ3v) is 14.0. The van der Waals surface area contributed by atoms with Crippen LogP contribution in [0.25, 0.3) is 22.3 Å². The highest BCUT2D eigenvalue weighted by atomic mass is 32.2. The van der Waals surface area contributed by atoms with Gasteiger partial charge in [0.05, 0.1) is 22.2 Å². The molecule has 3 N–H and O–H groups in total. The fourth-order valence-corrected chi connectivity index (χ4v) is 9.41. The lowest BCUT2D eigenvalue weighted by Gasteiger charge is -2.30. The van der Waals surface area contributed by atoms with Crippen molar-refractivity contribution in [3.8, 4) is 17.3 Å². The van der Waals surface area contributed by atoms with Gasteiger partial charge < -0.3 is 20.3 Å². The molecule has 2 aliphatic carbocycles. The van der Waals surface area contributed by atoms with Gasteiger partial charge in [0.2, 0.25) is 27.7 Å². The average molecular weight is 765 g/mol. The number of benzene rings is 3. The second kappa shape index (κ2) is 14.9. The summed E-state index contributed by atoms with van der Waals surface area (Å²) >= 11 is 0. The first-order chi connectivity index (χ1) is 26.6. The Balaban J connectivity index is 1.12. The number of nitrogens with zero attached hydrogens (tertiary/aromatic N) is 3. The summed E-state index contributed by atoms with van der Waals surface area (Å²) in [6.07, 6.45) is 6.61. The Labute approximate surface area is 321 Å². The summed E-state index contributed by atoms with van der Waals surface area (Å²) in [4.78, 5) is 54.4. The Morgan fingerprint density at radius 3 is 2.29 bits per heavy atom. The van der Waals surface area contributed by atoms with E-state index in [-0.39, 0.29) is 24.8 Å². The van der Waals surface area contributed by atoms with E-state index in [1.54, 1.807) is 11.8 Å². The Morgan fingerprint density at radius 2 is 1.55 bits per heavy atom. The molecule has 0 spiro atoms. The molecule has 3 heterocycles. The number of fused-ring (bicyclic) bond motifs is 3. The number of amides is 3. The topological polar surface area (TPSA) is 160 Å². The average Bonchev–Trinajstić information content (AvgIpc) is 4.07. The van der Waals surface area contributed by atoms with Crippen LogP contribution in [0.3, 0.4) is 0 Å². The van der Waals surface area contributed by atoms with Crippen molar-refractivity contribution in [2.75, 3.05) is 11.9 Å². The van der Waals surface area contributed by atoms with Crippen LogP contribution in [-0.4, -0.2) is 76.0 Å². The standard InChI is InChI=1S/C42H48N6O6S/c1-41(23-24-41)55(52,53)47-40(51)42-26-29(42)17-9-3-2-4-12-22-34(43-30-18-10-6-11-19-30)39(50)48-27-31(25-35(48)37(49)46-42)54-38-32-20-13-14-21-33(32)44-36(45-38)28-15-7-5-8-16-28/h5-8,10-11,13-16,18-21,29,31,34-35,43H,2-4,9,12,17,22-27H2,1H3,(H,46,49)(H,47,51)/t29-,31-,34+,35+,42-/m1/s1. The van der Waals surface area contributed by atoms with Gasteiger partial charge in [-0.2, -0.15) is 4.98 Å². The lowest BCUT2D eigenvalue weighted by molar-refractivity contribution is -0.140. The molecule has 5 atom stereocenters. The molecule has 3 amide bonds. The highest BCUT2D eigenvalue weighted by molar-refractivity contribution is 7.91. The minimum absolute atomic E-state index is 0.109. The molecule has 55 heavy (non-hydrogen) atoms. The molecule has 4 aliphatic rings. The van der Waals surface area contributed by atoms with Gasteiger partial charge in [-0.25, -0.2) is 13.4 Å². The molecule has 3 aromatic carbocycles. The van der Waals surface area contributed by atoms with Crippen molar-refractivity contribution in [3.63, 3.8) is 0 Å². The van der Waals surface area contributed by atoms with Crippen LogP contribution in [0.5, 0.6) is 5.88 Å². The van der Waals surface area contributed by atoms with Crippen molar-refractivity contribution in [2.24, 2.45) is 5.92 Å². The van der Waals surface area contributed by atoms with E-state index in [0.29, 0.717) is 54.7 Å². The molecule has 4 fully saturated rings. The fraction of sp³-hybridized carbons (Fsp3) is 0.452. The smallest absolute Gasteiger partial charge is 0.259 e. The lowest BCUT2D eigenvalue weighted by atomic mass is 10.0. The van der Waals surface area contributed by atoms with E-state index < -0.39 is 50.3 Å². The molecular formula is C42H48N6O6S. The summed E-state index contributed by atoms with van der Waals surface area (Å²) in [5.41, 5.74) is 0.942. The molecule has 1 aromatic heterocycles. The number of para-hydroxylation sites is 2. The van der Waals surface area contributed by atoms with Gasteiger partial charge in [-0.3, -0.25) is 19.1 Å². The Hall–Kier alpha value is -5.04. The first-order valence-corrected chi connectivity index (χ1v) is 21.0. The maximum absolute atomic E-state index is 14.7. The number of rotatable bonds is 8. The highest BCUT2D eigenvalue weighted by Crippen LogP contribution is 2.49. The summed E-state index contributed by atoms with van der Waals surface area (Å²) in [7, 11) is -3.93. The van der Waals surface area contributed by atoms with Crippen molar-refractivity contribution in [3.05, 3.63) is 84.9 Å². The Bertz CT molecular complexity index is 2180. The molecule has 4 aromatic rings. The maximum atomic E-state index is 14.7. The van der Waals surface area contributed by atoms with Crippen molar-refractivity contribution in [1.82, 2.24) is 24.9 Å². The zero-order valence-corrected chi connectivity index (χ0v) is 31.9. The van der Waals surface area contributed by atoms with Crippen LogP contribution in [0.15, 0.2) is 84.9 Å². The third-order valence-electron chi connectivity index (χ3n) is 11.9. The molecule has 0 bridgehead atoms. The molecule has 288 valence electrons. The molecule has 0 radical (unpaired) electrons. The zero-order chi connectivity index (χ0) is 38.2. The summed E-state index contributed by atoms with van der Waals surface area (Å²) in [6, 6.07) is 25.2. The number of anilines is 1. The quantitative estimate of drug-likeness (QED) is 0.203. The van der Waals surface area contributed by atoms with Gasteiger partial charge in [-0.15, -0.1) is 0 Å². The van der Waals surface area contributed by atoms with E-state index in [1.165, 1.54) is 0 Å². The first kappa shape index (κ1) is 36.9. The van der Waals surface area contributed by atoms with Crippen molar-refractivity contribution >= 4 is 44.3 Å². The van der Waals surface area contributed by atoms with Gasteiger partial charge >= 0.3 is 0 Å². The first-order valence-electron chi connectivity index (χ1n) is 19.5. The maximum Gasteiger partial charge on any atom is 0.259 e. The van der Waals surface area contributed by atoms with E-state index in [1.807, 2.05) is 84.9 Å². The van der Waals surface area contributed by atoms with Crippen LogP contribution in [0.1, 0.15) is 77.6 Å². The fourth-order valence-electron chi connectivity index (χ4n) is 8.10. The number of carbonyl (C=O) groups excluding carboxylic acids is 3. The van der Waals surface area contributed by atoms with Gasteiger partial charge in [0.15, 0.2) is 5.82 Å². The van der Waals surface area contributed by atoms with Crippen molar-refractivity contribution < 1.29 is 27.5 Å². The van der Waals surface area contributed by atoms with Crippen molar-refractivity contribution in [2.45, 2.75) is 106 Å². The van der Waals surface area contributed by atoms with E-state index in [4.69, 9.17) is 14.7 Å². The predicted molar refractivity (Wildman–Crippen MR) is 209 cm³/mol. The summed E-state index contributed by atoms with van der Waals surface area (Å²) in [5.74, 6) is -0.809. The highest BCUT2D eigenvalue weighted by Gasteiger charge is 2.63. The van der Waals surface area contributed by atoms with Crippen LogP contribution < -0.4 is 20.1 Å². The number of carbonyl (C=O) groups is 3. The van der Waals surface area contributed by atoms with E-state index >= 15 is 0 Å². The van der Waals surface area contributed by atoms with Gasteiger partial charge in [-0.05, 0) is 69.2 Å². The lowest BCUT2D eigenvalue weighted by Crippen LogP contribution is -2.58. The monoisotopic (exact) mass is 764 g/mol. The predicted octanol–water partition coefficient (Wildman–Crippen LogP) is 5.74. The number of ether oxygens (including phenoxy) is 1. The van der Waals surface area contributed by atoms with Gasteiger partial charge in [0.1, 0.15) is 23.7 Å². The number of hydrogen-bond donors (Lipinski definition) is 3. The molecular weight excluding hydrogens is 717 g/mol. The van der Waals surface area contributed by atoms with Crippen LogP contribution in [0.4, 0.5) is 5.69 Å². The summed E-state index contributed by atoms with van der Waals surface area (Å²) in [6.45, 7) is 1.74. The van der Waals surface area contributed by atoms with E-state index in [2.05, 4.69) is 15.4 Å². The van der Waals surface area contributed by atoms with E-state index in [0.717, 1.165) is 43.4 Å². The van der Waals surface area contributed by atoms with Crippen LogP contribution >= 0.6 is 0 Å². The molecule has 13 heteroatoms. The van der Waals surface area contributed by atoms with Crippen LogP contribution in [0.2, 0.25) is 0 Å². The van der Waals surface area contributed by atoms with Crippen LogP contribution in [0, 0.1) is 5.92 Å². The summed E-state index contributed by atoms with van der Waals surface area (Å²) in [5, 5.41) is 7.16. The van der Waals surface area contributed by atoms with Crippen molar-refractivity contribution in [1.29, 1.82) is 0 Å². The van der Waals surface area contributed by atoms with E-state index in [9.17, 15) is 22.8 Å². The van der Waals surface area contributed by atoms with Gasteiger partial charge in [-0.1, -0.05) is 92.8 Å². The number of aromatic nitrogens is 2. The normalized spacial score (nSPS) is 26.7. The second-order valence-electron chi connectivity index (χ2n) is 15.9. The molecule has 2 aliphatic heterocycles. The molecule has 8 rings (SSSR count). The SMILES string of the molecule is CC1(S(=O)(=O)NC(=O)[C@@]23C[C@H]2CCCCCCC[C@H](Nc2ccccc2)C(=O)N2C[C@H](Oc4nc(-c5ccccc5)nc5ccccc45)C[C@H]2C(=O)N3)CC1. The Kier molecular flexibility index (Phi) is 9.99. The molecule has 12 nitrogen and oxygen atoms in total. The molecule has 2 saturated heterocycles. The second-order valence-corrected chi connectivity index (χ2v) is 18.1. The minimum Gasteiger partial charge on any atom is -0.472 e. The third kappa shape index (κ3) is 7.63. The number of sulfonamides is 1. The van der Waals surface area contributed by atoms with Gasteiger partial charge in [0, 0.05) is 17.7 Å². The minimum atomic E-state index is -3.93. The number of nitrogens with one attached hydrogen (secondary N) is 3.